The van der Waals surface area contributed by atoms with Gasteiger partial charge in [0.2, 0.25) is 0 Å². The second-order valence-electron chi connectivity index (χ2n) is 7.09. The lowest BCUT2D eigenvalue weighted by atomic mass is 9.99. The second kappa shape index (κ2) is 20.9. The number of rotatable bonds is 10. The summed E-state index contributed by atoms with van der Waals surface area (Å²) in [5.74, 6) is 5.74. The molecule has 0 aliphatic rings. The van der Waals surface area contributed by atoms with Gasteiger partial charge >= 0.3 is 0 Å². The summed E-state index contributed by atoms with van der Waals surface area (Å²) in [5, 5.41) is 25.1. The van der Waals surface area contributed by atoms with Crippen molar-refractivity contribution in [2.75, 3.05) is 0 Å². The maximum atomic E-state index is 11.2. The van der Waals surface area contributed by atoms with E-state index in [0.717, 1.165) is 0 Å². The topological polar surface area (TPSA) is 87.8 Å². The van der Waals surface area contributed by atoms with E-state index in [9.17, 15) is 15.2 Å². The molecule has 0 aromatic heterocycles. The van der Waals surface area contributed by atoms with Crippen LogP contribution in [0.5, 0.6) is 0 Å². The van der Waals surface area contributed by atoms with Gasteiger partial charge in [0.25, 0.3) is 5.70 Å². The normalized spacial score (nSPS) is 13.5. The smallest absolute Gasteiger partial charge is 0.250 e. The average molecular weight is 458 g/mol. The first-order chi connectivity index (χ1) is 15.5. The second-order valence-corrected chi connectivity index (χ2v) is 7.09. The van der Waals surface area contributed by atoms with Crippen molar-refractivity contribution in [1.29, 1.82) is 0 Å². The van der Waals surface area contributed by atoms with E-state index < -0.39 is 16.7 Å². The van der Waals surface area contributed by atoms with Crippen molar-refractivity contribution in [3.63, 3.8) is 0 Å². The molecule has 6 nitrogen and oxygen atoms in total. The van der Waals surface area contributed by atoms with Gasteiger partial charge in [0.15, 0.2) is 0 Å². The quantitative estimate of drug-likeness (QED) is 0.0743. The molecule has 0 bridgehead atoms. The SMILES string of the molecule is C=CC.C=N\C=C/C(=C(\C)[N+](=O)[O-])C(/C)=C/C(=C\CC#CC)C(O)NC(C)(C)/C=C/C.CC. The van der Waals surface area contributed by atoms with Crippen LogP contribution in [0.25, 0.3) is 0 Å². The Labute approximate surface area is 201 Å². The first-order valence-corrected chi connectivity index (χ1v) is 10.9. The Bertz CT molecular complexity index is 817. The molecule has 2 N–H and O–H groups in total. The van der Waals surface area contributed by atoms with E-state index in [1.807, 2.05) is 53.7 Å². The third-order valence-electron chi connectivity index (χ3n) is 3.84. The largest absolute Gasteiger partial charge is 0.374 e. The van der Waals surface area contributed by atoms with Gasteiger partial charge in [0.05, 0.1) is 10.5 Å². The van der Waals surface area contributed by atoms with Crippen LogP contribution in [-0.4, -0.2) is 28.5 Å². The number of aliphatic hydroxyl groups excluding tert-OH is 1. The van der Waals surface area contributed by atoms with Crippen LogP contribution in [0.3, 0.4) is 0 Å². The minimum absolute atomic E-state index is 0.0157. The molecule has 0 amide bonds. The number of hydrogen-bond donors (Lipinski definition) is 2. The van der Waals surface area contributed by atoms with Gasteiger partial charge in [-0.05, 0) is 65.5 Å². The highest BCUT2D eigenvalue weighted by atomic mass is 16.6. The summed E-state index contributed by atoms with van der Waals surface area (Å²) < 4.78 is 0. The van der Waals surface area contributed by atoms with Crippen LogP contribution >= 0.6 is 0 Å². The first-order valence-electron chi connectivity index (χ1n) is 10.9. The summed E-state index contributed by atoms with van der Waals surface area (Å²) in [4.78, 5) is 14.4. The molecule has 0 radical (unpaired) electrons. The number of allylic oxidation sites excluding steroid dienone is 7. The molecular formula is C27H43N3O3. The Morgan fingerprint density at radius 1 is 1.30 bits per heavy atom. The van der Waals surface area contributed by atoms with Crippen molar-refractivity contribution in [2.45, 2.75) is 80.5 Å². The van der Waals surface area contributed by atoms with Gasteiger partial charge in [-0.2, -0.15) is 0 Å². The lowest BCUT2D eigenvalue weighted by molar-refractivity contribution is -0.425. The predicted octanol–water partition coefficient (Wildman–Crippen LogP) is 6.52. The van der Waals surface area contributed by atoms with E-state index in [-0.39, 0.29) is 5.70 Å². The molecule has 0 saturated heterocycles. The lowest BCUT2D eigenvalue weighted by Gasteiger charge is -2.27. The molecule has 184 valence electrons. The summed E-state index contributed by atoms with van der Waals surface area (Å²) >= 11 is 0. The highest BCUT2D eigenvalue weighted by Gasteiger charge is 2.20. The van der Waals surface area contributed by atoms with Gasteiger partial charge in [-0.1, -0.05) is 50.1 Å². The summed E-state index contributed by atoms with van der Waals surface area (Å²) in [6, 6.07) is 0. The summed E-state index contributed by atoms with van der Waals surface area (Å²) in [7, 11) is 0. The highest BCUT2D eigenvalue weighted by molar-refractivity contribution is 5.45. The van der Waals surface area contributed by atoms with Gasteiger partial charge in [-0.25, -0.2) is 0 Å². The molecule has 0 spiro atoms. The molecule has 1 atom stereocenters. The summed E-state index contributed by atoms with van der Waals surface area (Å²) in [6.07, 6.45) is 11.5. The Hall–Kier alpha value is -3.01. The molecule has 0 aliphatic heterocycles. The average Bonchev–Trinajstić information content (AvgIpc) is 2.74. The fraction of sp³-hybridized carbons (Fsp3) is 0.444. The third kappa shape index (κ3) is 17.2. The fourth-order valence-electron chi connectivity index (χ4n) is 2.51. The van der Waals surface area contributed by atoms with Crippen LogP contribution in [0.2, 0.25) is 0 Å². The van der Waals surface area contributed by atoms with Gasteiger partial charge in [-0.3, -0.25) is 20.4 Å². The number of nitrogens with zero attached hydrogens (tertiary/aromatic N) is 2. The van der Waals surface area contributed by atoms with E-state index >= 15 is 0 Å². The minimum Gasteiger partial charge on any atom is -0.374 e. The molecule has 0 aliphatic carbocycles. The molecule has 0 aromatic rings. The zero-order valence-electron chi connectivity index (χ0n) is 21.9. The molecule has 1 unspecified atom stereocenters. The standard InChI is InChI=1S/C22H31N3O3.C3H6.C2H6/c1-8-10-11-12-19(21(26)24-22(5,6)14-9-2)16-17(3)20(13-15-23-7)18(4)25(27)28;1-3-2;1-2/h9,12-16,21,24,26H,7,11H2,1-6H3;3H,1H2,2H3;1-2H3/b14-9+,15-13-,17-16+,19-12+,20-18-;;. The lowest BCUT2D eigenvalue weighted by Crippen LogP contribution is -2.45. The van der Waals surface area contributed by atoms with Gasteiger partial charge in [-0.15, -0.1) is 12.5 Å². The van der Waals surface area contributed by atoms with Crippen LogP contribution in [0.4, 0.5) is 0 Å². The van der Waals surface area contributed by atoms with Crippen molar-refractivity contribution >= 4 is 6.72 Å². The molecule has 0 saturated carbocycles. The molecular weight excluding hydrogens is 414 g/mol. The zero-order valence-corrected chi connectivity index (χ0v) is 21.9. The van der Waals surface area contributed by atoms with Crippen LogP contribution in [0, 0.1) is 22.0 Å². The predicted molar refractivity (Wildman–Crippen MR) is 144 cm³/mol. The van der Waals surface area contributed by atoms with E-state index in [1.165, 1.54) is 19.2 Å². The fourth-order valence-corrected chi connectivity index (χ4v) is 2.51. The van der Waals surface area contributed by atoms with Crippen molar-refractivity contribution in [3.8, 4) is 11.8 Å². The van der Waals surface area contributed by atoms with Crippen LogP contribution in [-0.2, 0) is 0 Å². The van der Waals surface area contributed by atoms with Gasteiger partial charge < -0.3 is 5.11 Å². The first kappa shape index (κ1) is 34.6. The number of aliphatic hydroxyl groups is 1. The van der Waals surface area contributed by atoms with Gasteiger partial charge in [0, 0.05) is 25.1 Å². The van der Waals surface area contributed by atoms with E-state index in [0.29, 0.717) is 23.1 Å². The molecule has 33 heavy (non-hydrogen) atoms. The molecule has 0 rings (SSSR count). The highest BCUT2D eigenvalue weighted by Crippen LogP contribution is 2.21. The Balaban J connectivity index is -0.00000165. The van der Waals surface area contributed by atoms with Gasteiger partial charge in [0.1, 0.15) is 6.23 Å². The van der Waals surface area contributed by atoms with Crippen molar-refractivity contribution < 1.29 is 10.0 Å². The summed E-state index contributed by atoms with van der Waals surface area (Å²) in [5.41, 5.74) is 1.15. The van der Waals surface area contributed by atoms with E-state index in [4.69, 9.17) is 0 Å². The molecule has 0 heterocycles. The molecule has 6 heteroatoms. The molecule has 0 aromatic carbocycles. The molecule has 0 fully saturated rings. The number of aliphatic imine (C=N–C) groups is 1. The maximum Gasteiger partial charge on any atom is 0.250 e. The minimum atomic E-state index is -0.974. The van der Waals surface area contributed by atoms with Crippen molar-refractivity contribution in [3.05, 3.63) is 81.8 Å². The zero-order chi connectivity index (χ0) is 26.4. The number of nitrogens with one attached hydrogen (secondary N) is 1. The number of hydrogen-bond acceptors (Lipinski definition) is 5. The monoisotopic (exact) mass is 457 g/mol. The van der Waals surface area contributed by atoms with E-state index in [1.54, 1.807) is 32.1 Å². The van der Waals surface area contributed by atoms with E-state index in [2.05, 4.69) is 35.4 Å². The van der Waals surface area contributed by atoms with Crippen LogP contribution in [0.1, 0.15) is 68.7 Å². The Morgan fingerprint density at radius 2 is 1.85 bits per heavy atom. The third-order valence-corrected chi connectivity index (χ3v) is 3.84. The summed E-state index contributed by atoms with van der Waals surface area (Å²) in [6.45, 7) is 23.3. The Kier molecular flexibility index (Phi) is 21.9. The van der Waals surface area contributed by atoms with Crippen LogP contribution in [0.15, 0.2) is 76.6 Å². The van der Waals surface area contributed by atoms with Crippen molar-refractivity contribution in [1.82, 2.24) is 5.32 Å². The number of nitro groups is 1. The van der Waals surface area contributed by atoms with Crippen molar-refractivity contribution in [2.24, 2.45) is 4.99 Å². The van der Waals surface area contributed by atoms with Crippen LogP contribution < -0.4 is 5.32 Å². The Morgan fingerprint density at radius 3 is 2.27 bits per heavy atom. The maximum absolute atomic E-state index is 11.2.